The second kappa shape index (κ2) is 8.55. The predicted molar refractivity (Wildman–Crippen MR) is 91.4 cm³/mol. The van der Waals surface area contributed by atoms with Crippen LogP contribution in [0.3, 0.4) is 0 Å². The van der Waals surface area contributed by atoms with Crippen molar-refractivity contribution in [3.63, 3.8) is 0 Å². The minimum Gasteiger partial charge on any atom is -0.493 e. The molecule has 138 valence electrons. The Hall–Kier alpha value is -2.51. The Morgan fingerprint density at radius 1 is 1.20 bits per heavy atom. The van der Waals surface area contributed by atoms with Crippen LogP contribution in [0.25, 0.3) is 0 Å². The molecule has 1 atom stereocenters. The number of nitrogens with zero attached hydrogens (tertiary/aromatic N) is 2. The van der Waals surface area contributed by atoms with Gasteiger partial charge in [-0.25, -0.2) is 4.79 Å². The Balaban J connectivity index is 2.12. The van der Waals surface area contributed by atoms with Gasteiger partial charge in [0.05, 0.1) is 25.2 Å². The molecule has 0 bridgehead atoms. The summed E-state index contributed by atoms with van der Waals surface area (Å²) in [4.78, 5) is 24.7. The largest absolute Gasteiger partial charge is 0.493 e. The van der Waals surface area contributed by atoms with Gasteiger partial charge in [0, 0.05) is 24.6 Å². The van der Waals surface area contributed by atoms with Gasteiger partial charge in [0.1, 0.15) is 6.61 Å². The highest BCUT2D eigenvalue weighted by Crippen LogP contribution is 2.38. The van der Waals surface area contributed by atoms with E-state index in [1.54, 1.807) is 17.9 Å². The van der Waals surface area contributed by atoms with E-state index < -0.39 is 4.92 Å². The molecule has 1 heterocycles. The fraction of sp³-hybridized carbons (Fsp3) is 0.588. The van der Waals surface area contributed by atoms with E-state index in [-0.39, 0.29) is 30.1 Å². The Labute approximate surface area is 146 Å². The molecule has 1 aromatic carbocycles. The van der Waals surface area contributed by atoms with Gasteiger partial charge in [-0.05, 0) is 25.3 Å². The van der Waals surface area contributed by atoms with Gasteiger partial charge in [-0.15, -0.1) is 0 Å². The van der Waals surface area contributed by atoms with Gasteiger partial charge in [0.25, 0.3) is 5.69 Å². The number of rotatable bonds is 6. The molecule has 8 nitrogen and oxygen atoms in total. The third-order valence-electron chi connectivity index (χ3n) is 4.33. The van der Waals surface area contributed by atoms with Crippen molar-refractivity contribution < 1.29 is 23.9 Å². The number of methoxy groups -OCH3 is 2. The lowest BCUT2D eigenvalue weighted by Gasteiger charge is -2.26. The molecule has 0 aliphatic carbocycles. The van der Waals surface area contributed by atoms with Crippen molar-refractivity contribution in [2.24, 2.45) is 0 Å². The highest BCUT2D eigenvalue weighted by atomic mass is 16.6. The van der Waals surface area contributed by atoms with Crippen LogP contribution in [0, 0.1) is 10.1 Å². The average Bonchev–Trinajstić information content (AvgIpc) is 2.65. The molecule has 2 rings (SSSR count). The number of piperidine rings is 1. The monoisotopic (exact) mass is 352 g/mol. The highest BCUT2D eigenvalue weighted by Gasteiger charge is 2.25. The summed E-state index contributed by atoms with van der Waals surface area (Å²) in [5.74, 6) is 0.335. The zero-order valence-electron chi connectivity index (χ0n) is 14.8. The second-order valence-electron chi connectivity index (χ2n) is 6.05. The minimum absolute atomic E-state index is 0.0612. The topological polar surface area (TPSA) is 91.1 Å². The molecule has 0 spiro atoms. The molecule has 1 aliphatic rings. The summed E-state index contributed by atoms with van der Waals surface area (Å²) in [5.41, 5.74) is 0.355. The van der Waals surface area contributed by atoms with E-state index in [0.717, 1.165) is 19.3 Å². The average molecular weight is 352 g/mol. The van der Waals surface area contributed by atoms with Crippen molar-refractivity contribution in [1.82, 2.24) is 4.90 Å². The van der Waals surface area contributed by atoms with E-state index in [4.69, 9.17) is 14.2 Å². The van der Waals surface area contributed by atoms with Crippen LogP contribution in [0.15, 0.2) is 12.1 Å². The lowest BCUT2D eigenvalue weighted by Crippen LogP contribution is -2.36. The standard InChI is InChI=1S/C17H24N2O6/c1-12(11-25-17(20)18-7-5-4-6-8-18)13-9-15(23-2)16(24-3)10-14(13)19(21)22/h9-10,12H,4-8,11H2,1-3H3. The fourth-order valence-corrected chi connectivity index (χ4v) is 2.89. The first-order valence-electron chi connectivity index (χ1n) is 8.30. The van der Waals surface area contributed by atoms with Crippen molar-refractivity contribution in [2.45, 2.75) is 32.1 Å². The summed E-state index contributed by atoms with van der Waals surface area (Å²) >= 11 is 0. The molecule has 1 fully saturated rings. The van der Waals surface area contributed by atoms with Gasteiger partial charge in [-0.2, -0.15) is 0 Å². The number of hydrogen-bond donors (Lipinski definition) is 0. The minimum atomic E-state index is -0.472. The van der Waals surface area contributed by atoms with Gasteiger partial charge in [0.2, 0.25) is 0 Å². The van der Waals surface area contributed by atoms with E-state index in [1.165, 1.54) is 20.3 Å². The fourth-order valence-electron chi connectivity index (χ4n) is 2.89. The van der Waals surface area contributed by atoms with Gasteiger partial charge in [0.15, 0.2) is 11.5 Å². The van der Waals surface area contributed by atoms with Crippen LogP contribution in [-0.2, 0) is 4.74 Å². The third-order valence-corrected chi connectivity index (χ3v) is 4.33. The van der Waals surface area contributed by atoms with Crippen molar-refractivity contribution in [3.8, 4) is 11.5 Å². The summed E-state index contributed by atoms with van der Waals surface area (Å²) < 4.78 is 15.7. The van der Waals surface area contributed by atoms with Gasteiger partial charge >= 0.3 is 6.09 Å². The molecule has 0 radical (unpaired) electrons. The summed E-state index contributed by atoms with van der Waals surface area (Å²) in [7, 11) is 2.89. The molecule has 1 saturated heterocycles. The van der Waals surface area contributed by atoms with E-state index in [1.807, 2.05) is 0 Å². The lowest BCUT2D eigenvalue weighted by atomic mass is 9.99. The number of carbonyl (C=O) groups is 1. The Bertz CT molecular complexity index is 628. The van der Waals surface area contributed by atoms with Gasteiger partial charge < -0.3 is 19.1 Å². The van der Waals surface area contributed by atoms with Crippen LogP contribution in [0.5, 0.6) is 11.5 Å². The number of amides is 1. The van der Waals surface area contributed by atoms with Crippen LogP contribution < -0.4 is 9.47 Å². The molecule has 0 N–H and O–H groups in total. The SMILES string of the molecule is COc1cc(C(C)COC(=O)N2CCCCC2)c([N+](=O)[O-])cc1OC. The summed E-state index contributed by atoms with van der Waals surface area (Å²) in [6.07, 6.45) is 2.71. The molecule has 1 aliphatic heterocycles. The first-order valence-corrected chi connectivity index (χ1v) is 8.30. The third kappa shape index (κ3) is 4.52. The smallest absolute Gasteiger partial charge is 0.409 e. The number of likely N-dealkylation sites (tertiary alicyclic amines) is 1. The van der Waals surface area contributed by atoms with Crippen LogP contribution in [0.1, 0.15) is 37.7 Å². The van der Waals surface area contributed by atoms with Crippen molar-refractivity contribution in [3.05, 3.63) is 27.8 Å². The van der Waals surface area contributed by atoms with Crippen LogP contribution >= 0.6 is 0 Å². The zero-order valence-corrected chi connectivity index (χ0v) is 14.8. The maximum Gasteiger partial charge on any atom is 0.409 e. The molecule has 8 heteroatoms. The molecule has 25 heavy (non-hydrogen) atoms. The maximum absolute atomic E-state index is 12.1. The van der Waals surface area contributed by atoms with E-state index in [0.29, 0.717) is 24.4 Å². The van der Waals surface area contributed by atoms with Gasteiger partial charge in [-0.3, -0.25) is 10.1 Å². The first kappa shape index (κ1) is 18.8. The second-order valence-corrected chi connectivity index (χ2v) is 6.05. The lowest BCUT2D eigenvalue weighted by molar-refractivity contribution is -0.385. The number of nitro groups is 1. The van der Waals surface area contributed by atoms with Crippen molar-refractivity contribution >= 4 is 11.8 Å². The summed E-state index contributed by atoms with van der Waals surface area (Å²) in [5, 5.41) is 11.4. The molecular weight excluding hydrogens is 328 g/mol. The van der Waals surface area contributed by atoms with Crippen molar-refractivity contribution in [2.75, 3.05) is 33.9 Å². The van der Waals surface area contributed by atoms with Crippen LogP contribution in [0.2, 0.25) is 0 Å². The Morgan fingerprint density at radius 3 is 2.36 bits per heavy atom. The first-order chi connectivity index (χ1) is 12.0. The number of hydrogen-bond acceptors (Lipinski definition) is 6. The quantitative estimate of drug-likeness (QED) is 0.576. The van der Waals surface area contributed by atoms with E-state index in [9.17, 15) is 14.9 Å². The number of nitro benzene ring substituents is 1. The van der Waals surface area contributed by atoms with Crippen LogP contribution in [-0.4, -0.2) is 49.8 Å². The van der Waals surface area contributed by atoms with E-state index in [2.05, 4.69) is 0 Å². The normalized spacial score (nSPS) is 15.4. The molecule has 1 aromatic rings. The number of benzene rings is 1. The Kier molecular flexibility index (Phi) is 6.44. The predicted octanol–water partition coefficient (Wildman–Crippen LogP) is 3.34. The Morgan fingerprint density at radius 2 is 1.80 bits per heavy atom. The zero-order chi connectivity index (χ0) is 18.4. The molecule has 1 unspecified atom stereocenters. The molecule has 0 saturated carbocycles. The number of carbonyl (C=O) groups excluding carboxylic acids is 1. The highest BCUT2D eigenvalue weighted by molar-refractivity contribution is 5.67. The van der Waals surface area contributed by atoms with Crippen molar-refractivity contribution in [1.29, 1.82) is 0 Å². The van der Waals surface area contributed by atoms with Crippen LogP contribution in [0.4, 0.5) is 10.5 Å². The molecular formula is C17H24N2O6. The van der Waals surface area contributed by atoms with Gasteiger partial charge in [-0.1, -0.05) is 6.92 Å². The molecule has 1 amide bonds. The maximum atomic E-state index is 12.1. The molecule has 0 aromatic heterocycles. The number of ether oxygens (including phenoxy) is 3. The van der Waals surface area contributed by atoms with E-state index >= 15 is 0 Å². The summed E-state index contributed by atoms with van der Waals surface area (Å²) in [6, 6.07) is 2.90. The summed E-state index contributed by atoms with van der Waals surface area (Å²) in [6.45, 7) is 3.23.